The zero-order chi connectivity index (χ0) is 20.9. The van der Waals surface area contributed by atoms with Crippen LogP contribution in [0.25, 0.3) is 0 Å². The van der Waals surface area contributed by atoms with Crippen molar-refractivity contribution in [1.82, 2.24) is 15.1 Å². The van der Waals surface area contributed by atoms with Crippen molar-refractivity contribution in [2.75, 3.05) is 45.6 Å². The zero-order valence-electron chi connectivity index (χ0n) is 17.1. The largest absolute Gasteiger partial charge is 0.368 e. The quantitative estimate of drug-likeness (QED) is 0.560. The van der Waals surface area contributed by atoms with Gasteiger partial charge in [0.2, 0.25) is 0 Å². The summed E-state index contributed by atoms with van der Waals surface area (Å²) < 4.78 is 28.7. The van der Waals surface area contributed by atoms with Crippen LogP contribution in [-0.4, -0.2) is 81.8 Å². The molecule has 1 amide bonds. The van der Waals surface area contributed by atoms with E-state index in [1.54, 1.807) is 24.3 Å². The van der Waals surface area contributed by atoms with E-state index < -0.39 is 9.84 Å². The van der Waals surface area contributed by atoms with Crippen LogP contribution in [0.3, 0.4) is 0 Å². The molecule has 1 aromatic rings. The molecule has 0 saturated carbocycles. The first kappa shape index (κ1) is 21.6. The number of carbonyl (C=O) groups is 1. The molecular formula is C20H30N4O4S. The van der Waals surface area contributed by atoms with Crippen molar-refractivity contribution in [3.63, 3.8) is 0 Å². The number of carbonyl (C=O) groups excluding carboxylic acids is 1. The van der Waals surface area contributed by atoms with Crippen LogP contribution in [0, 0.1) is 0 Å². The normalized spacial score (nSPS) is 20.8. The highest BCUT2D eigenvalue weighted by Crippen LogP contribution is 2.16. The molecule has 2 heterocycles. The highest BCUT2D eigenvalue weighted by atomic mass is 32.2. The first-order valence-corrected chi connectivity index (χ1v) is 12.0. The zero-order valence-corrected chi connectivity index (χ0v) is 18.0. The summed E-state index contributed by atoms with van der Waals surface area (Å²) in [6.45, 7) is 6.67. The Kier molecular flexibility index (Phi) is 7.13. The van der Waals surface area contributed by atoms with Gasteiger partial charge in [0.15, 0.2) is 15.8 Å². The van der Waals surface area contributed by atoms with E-state index in [9.17, 15) is 13.2 Å². The van der Waals surface area contributed by atoms with Crippen LogP contribution in [0.4, 0.5) is 0 Å². The fraction of sp³-hybridized carbons (Fsp3) is 0.600. The van der Waals surface area contributed by atoms with Gasteiger partial charge in [-0.05, 0) is 37.5 Å². The molecule has 2 saturated heterocycles. The van der Waals surface area contributed by atoms with Gasteiger partial charge < -0.3 is 19.9 Å². The number of hydrogen-bond donors (Lipinski definition) is 1. The fourth-order valence-electron chi connectivity index (χ4n) is 3.55. The van der Waals surface area contributed by atoms with Gasteiger partial charge in [0.05, 0.1) is 11.4 Å². The minimum absolute atomic E-state index is 0.107. The first-order valence-electron chi connectivity index (χ1n) is 10.1. The lowest BCUT2D eigenvalue weighted by molar-refractivity contribution is -0.142. The fourth-order valence-corrected chi connectivity index (χ4v) is 4.18. The van der Waals surface area contributed by atoms with Gasteiger partial charge in [-0.15, -0.1) is 0 Å². The number of hydrogen-bond acceptors (Lipinski definition) is 5. The van der Waals surface area contributed by atoms with E-state index in [2.05, 4.69) is 10.2 Å². The summed E-state index contributed by atoms with van der Waals surface area (Å²) in [7, 11) is -3.19. The first-order chi connectivity index (χ1) is 13.9. The number of aliphatic imine (C=N–C) groups is 1. The number of guanidine groups is 1. The lowest BCUT2D eigenvalue weighted by Crippen LogP contribution is -2.55. The molecule has 29 heavy (non-hydrogen) atoms. The number of ether oxygens (including phenoxy) is 1. The lowest BCUT2D eigenvalue weighted by Gasteiger charge is -2.37. The molecule has 2 fully saturated rings. The van der Waals surface area contributed by atoms with Crippen LogP contribution < -0.4 is 5.32 Å². The number of amides is 1. The molecule has 1 aromatic carbocycles. The molecule has 1 atom stereocenters. The van der Waals surface area contributed by atoms with Crippen LogP contribution in [0.2, 0.25) is 0 Å². The Morgan fingerprint density at radius 1 is 1.17 bits per heavy atom. The van der Waals surface area contributed by atoms with Gasteiger partial charge >= 0.3 is 0 Å². The number of piperazine rings is 1. The molecule has 0 aliphatic carbocycles. The van der Waals surface area contributed by atoms with Gasteiger partial charge in [0, 0.05) is 45.6 Å². The summed E-state index contributed by atoms with van der Waals surface area (Å²) in [4.78, 5) is 21.6. The van der Waals surface area contributed by atoms with E-state index in [0.29, 0.717) is 31.1 Å². The molecule has 2 aliphatic heterocycles. The minimum atomic E-state index is -3.19. The second-order valence-electron chi connectivity index (χ2n) is 7.40. The van der Waals surface area contributed by atoms with Gasteiger partial charge in [-0.3, -0.25) is 4.79 Å². The van der Waals surface area contributed by atoms with E-state index in [-0.39, 0.29) is 12.0 Å². The maximum atomic E-state index is 12.5. The number of benzene rings is 1. The molecule has 3 rings (SSSR count). The van der Waals surface area contributed by atoms with Gasteiger partial charge in [0.1, 0.15) is 6.10 Å². The van der Waals surface area contributed by atoms with E-state index in [4.69, 9.17) is 9.73 Å². The van der Waals surface area contributed by atoms with Crippen molar-refractivity contribution in [3.05, 3.63) is 29.8 Å². The molecule has 160 valence electrons. The summed E-state index contributed by atoms with van der Waals surface area (Å²) >= 11 is 0. The molecule has 9 heteroatoms. The Morgan fingerprint density at radius 2 is 1.83 bits per heavy atom. The molecule has 0 aromatic heterocycles. The van der Waals surface area contributed by atoms with E-state index in [1.807, 2.05) is 11.8 Å². The minimum Gasteiger partial charge on any atom is -0.368 e. The Morgan fingerprint density at radius 3 is 2.38 bits per heavy atom. The number of nitrogens with zero attached hydrogens (tertiary/aromatic N) is 3. The molecule has 0 bridgehead atoms. The van der Waals surface area contributed by atoms with Crippen molar-refractivity contribution in [3.8, 4) is 0 Å². The van der Waals surface area contributed by atoms with Crippen LogP contribution in [0.5, 0.6) is 0 Å². The summed E-state index contributed by atoms with van der Waals surface area (Å²) in [6, 6.07) is 6.81. The van der Waals surface area contributed by atoms with Crippen molar-refractivity contribution in [2.45, 2.75) is 37.3 Å². The highest BCUT2D eigenvalue weighted by Gasteiger charge is 2.30. The van der Waals surface area contributed by atoms with E-state index in [0.717, 1.165) is 44.0 Å². The predicted octanol–water partition coefficient (Wildman–Crippen LogP) is 0.879. The SMILES string of the molecule is CCNC(=NCc1ccc(S(C)(=O)=O)cc1)N1CCN(C(=O)C2CCCO2)CC1. The maximum absolute atomic E-state index is 12.5. The lowest BCUT2D eigenvalue weighted by atomic mass is 10.2. The molecular weight excluding hydrogens is 392 g/mol. The second kappa shape index (κ2) is 9.58. The summed E-state index contributed by atoms with van der Waals surface area (Å²) in [6.07, 6.45) is 2.71. The van der Waals surface area contributed by atoms with Crippen molar-refractivity contribution in [1.29, 1.82) is 0 Å². The molecule has 1 unspecified atom stereocenters. The molecule has 0 spiro atoms. The number of sulfone groups is 1. The van der Waals surface area contributed by atoms with Gasteiger partial charge in [0.25, 0.3) is 5.91 Å². The number of nitrogens with one attached hydrogen (secondary N) is 1. The van der Waals surface area contributed by atoms with Crippen LogP contribution in [-0.2, 0) is 25.9 Å². The monoisotopic (exact) mass is 422 g/mol. The van der Waals surface area contributed by atoms with Gasteiger partial charge in [-0.1, -0.05) is 12.1 Å². The van der Waals surface area contributed by atoms with Crippen molar-refractivity contribution >= 4 is 21.7 Å². The van der Waals surface area contributed by atoms with Crippen molar-refractivity contribution < 1.29 is 17.9 Å². The number of rotatable bonds is 5. The summed E-state index contributed by atoms with van der Waals surface area (Å²) in [5, 5.41) is 3.31. The Bertz CT molecular complexity index is 825. The third-order valence-electron chi connectivity index (χ3n) is 5.19. The predicted molar refractivity (Wildman–Crippen MR) is 111 cm³/mol. The molecule has 8 nitrogen and oxygen atoms in total. The molecule has 2 aliphatic rings. The Labute approximate surface area is 172 Å². The molecule has 0 radical (unpaired) electrons. The topological polar surface area (TPSA) is 91.3 Å². The Balaban J connectivity index is 1.59. The second-order valence-corrected chi connectivity index (χ2v) is 9.42. The van der Waals surface area contributed by atoms with Crippen molar-refractivity contribution in [2.24, 2.45) is 4.99 Å². The van der Waals surface area contributed by atoms with Crippen LogP contribution >= 0.6 is 0 Å². The van der Waals surface area contributed by atoms with Gasteiger partial charge in [-0.2, -0.15) is 0 Å². The van der Waals surface area contributed by atoms with Crippen LogP contribution in [0.15, 0.2) is 34.2 Å². The summed E-state index contributed by atoms with van der Waals surface area (Å²) in [5.41, 5.74) is 0.944. The third-order valence-corrected chi connectivity index (χ3v) is 6.32. The Hall–Kier alpha value is -2.13. The smallest absolute Gasteiger partial charge is 0.251 e. The van der Waals surface area contributed by atoms with E-state index in [1.165, 1.54) is 6.26 Å². The molecule has 1 N–H and O–H groups in total. The average molecular weight is 423 g/mol. The van der Waals surface area contributed by atoms with Crippen LogP contribution in [0.1, 0.15) is 25.3 Å². The third kappa shape index (κ3) is 5.70. The standard InChI is InChI=1S/C20H30N4O4S/c1-3-21-20(22-15-16-6-8-17(9-7-16)29(2,26)27)24-12-10-23(11-13-24)19(25)18-5-4-14-28-18/h6-9,18H,3-5,10-15H2,1-2H3,(H,21,22). The maximum Gasteiger partial charge on any atom is 0.251 e. The highest BCUT2D eigenvalue weighted by molar-refractivity contribution is 7.90. The van der Waals surface area contributed by atoms with Gasteiger partial charge in [-0.25, -0.2) is 13.4 Å². The summed E-state index contributed by atoms with van der Waals surface area (Å²) in [5.74, 6) is 0.916. The van der Waals surface area contributed by atoms with E-state index >= 15 is 0 Å². The average Bonchev–Trinajstić information content (AvgIpc) is 3.25.